The molecule has 150 valence electrons. The van der Waals surface area contributed by atoms with Crippen molar-refractivity contribution in [1.29, 1.82) is 0 Å². The molecule has 0 heterocycles. The maximum absolute atomic E-state index is 11.4. The summed E-state index contributed by atoms with van der Waals surface area (Å²) in [4.78, 5) is 11.4. The predicted octanol–water partition coefficient (Wildman–Crippen LogP) is 7.70. The van der Waals surface area contributed by atoms with Gasteiger partial charge in [0.25, 0.3) is 0 Å². The number of ether oxygens (including phenoxy) is 1. The first-order valence-electron chi connectivity index (χ1n) is 10.9. The van der Waals surface area contributed by atoms with Crippen LogP contribution in [0.5, 0.6) is 0 Å². The van der Waals surface area contributed by atoms with Crippen LogP contribution in [0.3, 0.4) is 0 Å². The van der Waals surface area contributed by atoms with Crippen LogP contribution in [0.25, 0.3) is 0 Å². The van der Waals surface area contributed by atoms with Gasteiger partial charge >= 0.3 is 5.97 Å². The Balaban J connectivity index is 3.33. The molecule has 0 unspecified atom stereocenters. The highest BCUT2D eigenvalue weighted by molar-refractivity contribution is 5.69. The summed E-state index contributed by atoms with van der Waals surface area (Å²) in [6.45, 7) is 4.93. The molecule has 0 aliphatic carbocycles. The topological polar surface area (TPSA) is 26.3 Å². The van der Waals surface area contributed by atoms with E-state index in [0.29, 0.717) is 13.0 Å². The lowest BCUT2D eigenvalue weighted by molar-refractivity contribution is -0.143. The molecule has 26 heavy (non-hydrogen) atoms. The quantitative estimate of drug-likeness (QED) is 0.142. The summed E-state index contributed by atoms with van der Waals surface area (Å²) in [7, 11) is 0. The molecule has 0 spiro atoms. The molecule has 0 saturated carbocycles. The molecular formula is C24H42O2. The maximum atomic E-state index is 11.4. The molecule has 0 fully saturated rings. The molecule has 0 atom stereocenters. The van der Waals surface area contributed by atoms with Gasteiger partial charge in [0.2, 0.25) is 0 Å². The lowest BCUT2D eigenvalue weighted by Crippen LogP contribution is -2.05. The molecule has 0 bridgehead atoms. The largest absolute Gasteiger partial charge is 0.466 e. The van der Waals surface area contributed by atoms with Crippen LogP contribution in [0.4, 0.5) is 0 Å². The zero-order chi connectivity index (χ0) is 19.1. The molecule has 0 aromatic rings. The van der Waals surface area contributed by atoms with Gasteiger partial charge < -0.3 is 4.74 Å². The molecule has 0 aromatic heterocycles. The zero-order valence-corrected chi connectivity index (χ0v) is 17.4. The number of hydrogen-bond donors (Lipinski definition) is 0. The van der Waals surface area contributed by atoms with E-state index in [1.165, 1.54) is 38.5 Å². The minimum Gasteiger partial charge on any atom is -0.466 e. The summed E-state index contributed by atoms with van der Waals surface area (Å²) in [5.74, 6) is -0.0269. The average molecular weight is 363 g/mol. The number of carbonyl (C=O) groups is 1. The highest BCUT2D eigenvalue weighted by Crippen LogP contribution is 2.07. The maximum Gasteiger partial charge on any atom is 0.305 e. The molecule has 2 nitrogen and oxygen atoms in total. The summed E-state index contributed by atoms with van der Waals surface area (Å²) in [5, 5.41) is 0. The Morgan fingerprint density at radius 3 is 1.81 bits per heavy atom. The summed E-state index contributed by atoms with van der Waals surface area (Å²) in [5.41, 5.74) is 0. The van der Waals surface area contributed by atoms with Crippen LogP contribution in [-0.2, 0) is 9.53 Å². The number of rotatable bonds is 18. The molecule has 0 aliphatic rings. The monoisotopic (exact) mass is 362 g/mol. The number of esters is 1. The first-order chi connectivity index (χ1) is 12.8. The van der Waals surface area contributed by atoms with Crippen molar-refractivity contribution in [3.8, 4) is 0 Å². The predicted molar refractivity (Wildman–Crippen MR) is 114 cm³/mol. The van der Waals surface area contributed by atoms with Crippen molar-refractivity contribution < 1.29 is 9.53 Å². The van der Waals surface area contributed by atoms with E-state index in [0.717, 1.165) is 44.9 Å². The van der Waals surface area contributed by atoms with Crippen LogP contribution in [-0.4, -0.2) is 12.6 Å². The van der Waals surface area contributed by atoms with Crippen molar-refractivity contribution >= 4 is 5.97 Å². The molecule has 0 aliphatic heterocycles. The summed E-state index contributed by atoms with van der Waals surface area (Å²) in [6, 6.07) is 0. The molecular weight excluding hydrogens is 320 g/mol. The molecule has 0 aromatic carbocycles. The van der Waals surface area contributed by atoms with E-state index >= 15 is 0 Å². The Bertz CT molecular complexity index is 380. The SMILES string of the molecule is CCCCC/C=C/C/C=C/C/C=C/CCCCCCC(=O)OCCCC. The van der Waals surface area contributed by atoms with Gasteiger partial charge in [-0.2, -0.15) is 0 Å². The molecule has 0 N–H and O–H groups in total. The van der Waals surface area contributed by atoms with Crippen molar-refractivity contribution in [2.45, 2.75) is 104 Å². The van der Waals surface area contributed by atoms with Gasteiger partial charge in [-0.1, -0.05) is 82.4 Å². The average Bonchev–Trinajstić information content (AvgIpc) is 2.64. The third kappa shape index (κ3) is 20.7. The summed E-state index contributed by atoms with van der Waals surface area (Å²) in [6.07, 6.45) is 29.2. The van der Waals surface area contributed by atoms with Crippen molar-refractivity contribution in [1.82, 2.24) is 0 Å². The van der Waals surface area contributed by atoms with Crippen LogP contribution >= 0.6 is 0 Å². The van der Waals surface area contributed by atoms with E-state index in [4.69, 9.17) is 4.74 Å². The second-order valence-corrected chi connectivity index (χ2v) is 6.91. The first kappa shape index (κ1) is 24.7. The van der Waals surface area contributed by atoms with Gasteiger partial charge in [0.05, 0.1) is 6.61 Å². The second-order valence-electron chi connectivity index (χ2n) is 6.91. The Morgan fingerprint density at radius 1 is 0.654 bits per heavy atom. The third-order valence-electron chi connectivity index (χ3n) is 4.28. The first-order valence-corrected chi connectivity index (χ1v) is 10.9. The minimum absolute atomic E-state index is 0.0269. The lowest BCUT2D eigenvalue weighted by atomic mass is 10.1. The normalized spacial score (nSPS) is 11.9. The minimum atomic E-state index is -0.0269. The summed E-state index contributed by atoms with van der Waals surface area (Å²) < 4.78 is 5.15. The number of carbonyl (C=O) groups excluding carboxylic acids is 1. The fourth-order valence-corrected chi connectivity index (χ4v) is 2.58. The van der Waals surface area contributed by atoms with E-state index in [1.54, 1.807) is 0 Å². The zero-order valence-electron chi connectivity index (χ0n) is 17.4. The van der Waals surface area contributed by atoms with Gasteiger partial charge in [0.15, 0.2) is 0 Å². The smallest absolute Gasteiger partial charge is 0.305 e. The number of allylic oxidation sites excluding steroid dienone is 6. The standard InChI is InChI=1S/C24H42O2/c1-3-5-7-8-9-10-11-12-13-14-15-16-17-18-19-20-21-22-24(25)26-23-6-4-2/h9-10,12-13,15-16H,3-8,11,14,17-23H2,1-2H3/b10-9+,13-12+,16-15+. The van der Waals surface area contributed by atoms with E-state index in [2.05, 4.69) is 50.3 Å². The number of hydrogen-bond acceptors (Lipinski definition) is 2. The van der Waals surface area contributed by atoms with Crippen LogP contribution in [0, 0.1) is 0 Å². The van der Waals surface area contributed by atoms with Gasteiger partial charge in [-0.25, -0.2) is 0 Å². The van der Waals surface area contributed by atoms with Crippen LogP contribution < -0.4 is 0 Å². The van der Waals surface area contributed by atoms with Crippen molar-refractivity contribution in [2.24, 2.45) is 0 Å². The molecule has 0 saturated heterocycles. The van der Waals surface area contributed by atoms with Crippen molar-refractivity contribution in [2.75, 3.05) is 6.61 Å². The van der Waals surface area contributed by atoms with Crippen molar-refractivity contribution in [3.63, 3.8) is 0 Å². The fourth-order valence-electron chi connectivity index (χ4n) is 2.58. The number of unbranched alkanes of at least 4 members (excludes halogenated alkanes) is 8. The Hall–Kier alpha value is -1.31. The van der Waals surface area contributed by atoms with Gasteiger partial charge in [0, 0.05) is 6.42 Å². The molecule has 0 radical (unpaired) electrons. The third-order valence-corrected chi connectivity index (χ3v) is 4.28. The molecule has 0 amide bonds. The van der Waals surface area contributed by atoms with Crippen LogP contribution in [0.2, 0.25) is 0 Å². The molecule has 2 heteroatoms. The highest BCUT2D eigenvalue weighted by Gasteiger charge is 2.01. The highest BCUT2D eigenvalue weighted by atomic mass is 16.5. The fraction of sp³-hybridized carbons (Fsp3) is 0.708. The van der Waals surface area contributed by atoms with E-state index in [1.807, 2.05) is 0 Å². The van der Waals surface area contributed by atoms with Crippen LogP contribution in [0.1, 0.15) is 104 Å². The Morgan fingerprint density at radius 2 is 1.19 bits per heavy atom. The van der Waals surface area contributed by atoms with E-state index in [-0.39, 0.29) is 5.97 Å². The van der Waals surface area contributed by atoms with E-state index in [9.17, 15) is 4.79 Å². The Labute approximate surface area is 162 Å². The lowest BCUT2D eigenvalue weighted by Gasteiger charge is -2.03. The van der Waals surface area contributed by atoms with Crippen LogP contribution in [0.15, 0.2) is 36.5 Å². The second kappa shape index (κ2) is 21.7. The Kier molecular flexibility index (Phi) is 20.6. The van der Waals surface area contributed by atoms with Gasteiger partial charge in [-0.05, 0) is 51.4 Å². The molecule has 0 rings (SSSR count). The van der Waals surface area contributed by atoms with Gasteiger partial charge in [0.1, 0.15) is 0 Å². The van der Waals surface area contributed by atoms with Crippen molar-refractivity contribution in [3.05, 3.63) is 36.5 Å². The summed E-state index contributed by atoms with van der Waals surface area (Å²) >= 11 is 0. The van der Waals surface area contributed by atoms with E-state index < -0.39 is 0 Å². The van der Waals surface area contributed by atoms with Gasteiger partial charge in [-0.3, -0.25) is 4.79 Å². The van der Waals surface area contributed by atoms with Gasteiger partial charge in [-0.15, -0.1) is 0 Å².